The van der Waals surface area contributed by atoms with Gasteiger partial charge in [0.05, 0.1) is 25.7 Å². The molecule has 0 radical (unpaired) electrons. The normalized spacial score (nSPS) is 23.6. The van der Waals surface area contributed by atoms with Gasteiger partial charge in [-0.2, -0.15) is 0 Å². The summed E-state index contributed by atoms with van der Waals surface area (Å²) < 4.78 is 15.9. The number of amides is 1. The number of ether oxygens (including phenoxy) is 3. The minimum atomic E-state index is -0.967. The lowest BCUT2D eigenvalue weighted by Crippen LogP contribution is -2.46. The van der Waals surface area contributed by atoms with Gasteiger partial charge in [0.15, 0.2) is 5.78 Å². The van der Waals surface area contributed by atoms with Gasteiger partial charge in [0.1, 0.15) is 0 Å². The molecule has 2 aliphatic rings. The molecule has 1 aliphatic carbocycles. The fourth-order valence-corrected chi connectivity index (χ4v) is 3.05. The van der Waals surface area contributed by atoms with Crippen LogP contribution in [0.2, 0.25) is 0 Å². The summed E-state index contributed by atoms with van der Waals surface area (Å²) in [5, 5.41) is 0. The standard InChI is InChI=1S/C18H29NO6/c1-12(2)16(24-15(21)9-18(3)10-23-11-18)25-17(22)19(4)13-7-5-6-8-14(13)20/h12-13,16H,5-11H2,1-4H3/t13-,16?/m1/s1. The molecule has 0 bridgehead atoms. The van der Waals surface area contributed by atoms with Gasteiger partial charge in [-0.1, -0.05) is 27.2 Å². The lowest BCUT2D eigenvalue weighted by molar-refractivity contribution is -0.187. The summed E-state index contributed by atoms with van der Waals surface area (Å²) >= 11 is 0. The fourth-order valence-electron chi connectivity index (χ4n) is 3.05. The molecule has 2 rings (SSSR count). The van der Waals surface area contributed by atoms with Gasteiger partial charge in [-0.25, -0.2) is 4.79 Å². The summed E-state index contributed by atoms with van der Waals surface area (Å²) in [5.74, 6) is -0.538. The van der Waals surface area contributed by atoms with Gasteiger partial charge in [0.25, 0.3) is 6.29 Å². The number of esters is 1. The summed E-state index contributed by atoms with van der Waals surface area (Å²) in [6.45, 7) is 6.63. The van der Waals surface area contributed by atoms with E-state index in [1.165, 1.54) is 4.90 Å². The first kappa shape index (κ1) is 19.7. The summed E-state index contributed by atoms with van der Waals surface area (Å²) in [6.07, 6.45) is 1.55. The molecule has 25 heavy (non-hydrogen) atoms. The highest BCUT2D eigenvalue weighted by Gasteiger charge is 2.38. The SMILES string of the molecule is CC(C)C(OC(=O)CC1(C)COC1)OC(=O)N(C)[C@@H]1CCCCC1=O. The van der Waals surface area contributed by atoms with Gasteiger partial charge in [0.2, 0.25) is 0 Å². The molecule has 1 heterocycles. The van der Waals surface area contributed by atoms with Crippen LogP contribution in [0.3, 0.4) is 0 Å². The maximum Gasteiger partial charge on any atom is 0.413 e. The molecule has 142 valence electrons. The van der Waals surface area contributed by atoms with Crippen molar-refractivity contribution in [3.63, 3.8) is 0 Å². The molecule has 0 N–H and O–H groups in total. The second-order valence-electron chi connectivity index (χ2n) is 7.81. The van der Waals surface area contributed by atoms with Crippen LogP contribution in [-0.2, 0) is 23.8 Å². The van der Waals surface area contributed by atoms with Crippen molar-refractivity contribution >= 4 is 17.8 Å². The number of carbonyl (C=O) groups is 3. The van der Waals surface area contributed by atoms with Gasteiger partial charge in [-0.15, -0.1) is 0 Å². The minimum absolute atomic E-state index is 0.0571. The van der Waals surface area contributed by atoms with E-state index in [-0.39, 0.29) is 23.5 Å². The van der Waals surface area contributed by atoms with Crippen LogP contribution >= 0.6 is 0 Å². The Morgan fingerprint density at radius 2 is 1.96 bits per heavy atom. The smallest absolute Gasteiger partial charge is 0.413 e. The van der Waals surface area contributed by atoms with Crippen LogP contribution in [-0.4, -0.2) is 55.3 Å². The largest absolute Gasteiger partial charge is 0.425 e. The molecule has 1 saturated heterocycles. The lowest BCUT2D eigenvalue weighted by atomic mass is 9.85. The third-order valence-corrected chi connectivity index (χ3v) is 4.76. The monoisotopic (exact) mass is 355 g/mol. The van der Waals surface area contributed by atoms with E-state index in [0.717, 1.165) is 12.8 Å². The molecule has 2 atom stereocenters. The first-order valence-corrected chi connectivity index (χ1v) is 8.95. The van der Waals surface area contributed by atoms with Crippen molar-refractivity contribution < 1.29 is 28.6 Å². The molecule has 0 spiro atoms. The van der Waals surface area contributed by atoms with E-state index >= 15 is 0 Å². The molecule has 1 saturated carbocycles. The van der Waals surface area contributed by atoms with Crippen LogP contribution in [0, 0.1) is 11.3 Å². The van der Waals surface area contributed by atoms with E-state index < -0.39 is 24.4 Å². The van der Waals surface area contributed by atoms with E-state index in [1.54, 1.807) is 7.05 Å². The number of likely N-dealkylation sites (N-methyl/N-ethyl adjacent to an activating group) is 1. The maximum atomic E-state index is 12.4. The predicted molar refractivity (Wildman–Crippen MR) is 89.8 cm³/mol. The number of hydrogen-bond donors (Lipinski definition) is 0. The Morgan fingerprint density at radius 3 is 2.48 bits per heavy atom. The van der Waals surface area contributed by atoms with E-state index in [9.17, 15) is 14.4 Å². The highest BCUT2D eigenvalue weighted by atomic mass is 16.7. The van der Waals surface area contributed by atoms with Gasteiger partial charge < -0.3 is 19.1 Å². The average Bonchev–Trinajstić information content (AvgIpc) is 2.52. The highest BCUT2D eigenvalue weighted by Crippen LogP contribution is 2.31. The molecule has 0 aromatic rings. The zero-order valence-corrected chi connectivity index (χ0v) is 15.6. The summed E-state index contributed by atoms with van der Waals surface area (Å²) in [4.78, 5) is 37.8. The van der Waals surface area contributed by atoms with E-state index in [0.29, 0.717) is 26.1 Å². The van der Waals surface area contributed by atoms with Crippen molar-refractivity contribution in [3.05, 3.63) is 0 Å². The highest BCUT2D eigenvalue weighted by molar-refractivity contribution is 5.87. The van der Waals surface area contributed by atoms with Gasteiger partial charge >= 0.3 is 12.1 Å². The van der Waals surface area contributed by atoms with Crippen molar-refractivity contribution in [2.24, 2.45) is 11.3 Å². The minimum Gasteiger partial charge on any atom is -0.425 e. The van der Waals surface area contributed by atoms with Gasteiger partial charge in [-0.3, -0.25) is 9.59 Å². The second kappa shape index (κ2) is 8.17. The third kappa shape index (κ3) is 5.17. The first-order chi connectivity index (χ1) is 11.7. The van der Waals surface area contributed by atoms with Crippen LogP contribution < -0.4 is 0 Å². The predicted octanol–water partition coefficient (Wildman–Crippen LogP) is 2.52. The van der Waals surface area contributed by atoms with Crippen LogP contribution in [0.4, 0.5) is 4.79 Å². The zero-order valence-electron chi connectivity index (χ0n) is 15.6. The van der Waals surface area contributed by atoms with Gasteiger partial charge in [0, 0.05) is 24.8 Å². The molecule has 0 aromatic heterocycles. The molecule has 1 unspecified atom stereocenters. The summed E-state index contributed by atoms with van der Waals surface area (Å²) in [5.41, 5.74) is -0.200. The number of ketones is 1. The Kier molecular flexibility index (Phi) is 6.43. The molecule has 0 aromatic carbocycles. The fraction of sp³-hybridized carbons (Fsp3) is 0.833. The topological polar surface area (TPSA) is 82.1 Å². The molecular formula is C18H29NO6. The van der Waals surface area contributed by atoms with Crippen LogP contribution in [0.25, 0.3) is 0 Å². The van der Waals surface area contributed by atoms with Gasteiger partial charge in [-0.05, 0) is 12.8 Å². The number of Topliss-reactive ketones (excluding diaryl/α,β-unsaturated/α-hetero) is 1. The number of hydrogen-bond acceptors (Lipinski definition) is 6. The van der Waals surface area contributed by atoms with E-state index in [2.05, 4.69) is 0 Å². The van der Waals surface area contributed by atoms with E-state index in [4.69, 9.17) is 14.2 Å². The van der Waals surface area contributed by atoms with Crippen LogP contribution in [0.15, 0.2) is 0 Å². The maximum absolute atomic E-state index is 12.4. The molecule has 1 amide bonds. The second-order valence-corrected chi connectivity index (χ2v) is 7.81. The number of nitrogens with zero attached hydrogens (tertiary/aromatic N) is 1. The molecular weight excluding hydrogens is 326 g/mol. The zero-order chi connectivity index (χ0) is 18.6. The van der Waals surface area contributed by atoms with E-state index in [1.807, 2.05) is 20.8 Å². The van der Waals surface area contributed by atoms with Crippen molar-refractivity contribution in [3.8, 4) is 0 Å². The first-order valence-electron chi connectivity index (χ1n) is 8.95. The molecule has 7 heteroatoms. The summed E-state index contributed by atoms with van der Waals surface area (Å²) in [7, 11) is 1.56. The lowest BCUT2D eigenvalue weighted by Gasteiger charge is -2.37. The van der Waals surface area contributed by atoms with Crippen molar-refractivity contribution in [2.75, 3.05) is 20.3 Å². The Morgan fingerprint density at radius 1 is 1.28 bits per heavy atom. The van der Waals surface area contributed by atoms with Crippen molar-refractivity contribution in [1.82, 2.24) is 4.90 Å². The van der Waals surface area contributed by atoms with Crippen LogP contribution in [0.5, 0.6) is 0 Å². The number of carbonyl (C=O) groups excluding carboxylic acids is 3. The van der Waals surface area contributed by atoms with Crippen molar-refractivity contribution in [2.45, 2.75) is 65.2 Å². The Balaban J connectivity index is 1.89. The quantitative estimate of drug-likeness (QED) is 0.538. The molecule has 7 nitrogen and oxygen atoms in total. The van der Waals surface area contributed by atoms with Crippen LogP contribution in [0.1, 0.15) is 52.9 Å². The average molecular weight is 355 g/mol. The summed E-state index contributed by atoms with van der Waals surface area (Å²) in [6, 6.07) is -0.448. The Labute approximate surface area is 149 Å². The Hall–Kier alpha value is -1.63. The molecule has 1 aliphatic heterocycles. The third-order valence-electron chi connectivity index (χ3n) is 4.76. The number of rotatable bonds is 6. The Bertz CT molecular complexity index is 514. The van der Waals surface area contributed by atoms with Crippen molar-refractivity contribution in [1.29, 1.82) is 0 Å². The molecule has 2 fully saturated rings.